The zero-order valence-electron chi connectivity index (χ0n) is 9.27. The lowest BCUT2D eigenvalue weighted by molar-refractivity contribution is 0.0939. The number of aryl methyl sites for hydroxylation is 2. The van der Waals surface area contributed by atoms with E-state index in [1.807, 2.05) is 26.8 Å². The van der Waals surface area contributed by atoms with Crippen LogP contribution in [0.3, 0.4) is 0 Å². The maximum Gasteiger partial charge on any atom is 0.253 e. The Morgan fingerprint density at radius 3 is 2.64 bits per heavy atom. The summed E-state index contributed by atoms with van der Waals surface area (Å²) in [6, 6.07) is 2.12. The van der Waals surface area contributed by atoms with Crippen LogP contribution in [0.25, 0.3) is 0 Å². The number of carbonyl (C=O) groups excluding carboxylic acids is 1. The minimum Gasteiger partial charge on any atom is -0.362 e. The molecule has 2 N–H and O–H groups in total. The van der Waals surface area contributed by atoms with Crippen LogP contribution in [0.15, 0.2) is 6.07 Å². The minimum atomic E-state index is 0.0150. The zero-order valence-corrected chi connectivity index (χ0v) is 9.27. The number of amides is 1. The molecule has 0 aliphatic rings. The molecule has 0 fully saturated rings. The van der Waals surface area contributed by atoms with E-state index in [1.165, 1.54) is 0 Å². The molecule has 1 atom stereocenters. The fraction of sp³-hybridized carbons (Fsp3) is 0.545. The van der Waals surface area contributed by atoms with Gasteiger partial charge in [0.25, 0.3) is 5.91 Å². The van der Waals surface area contributed by atoms with Gasteiger partial charge < -0.3 is 10.3 Å². The van der Waals surface area contributed by atoms with Crippen molar-refractivity contribution >= 4 is 5.91 Å². The minimum absolute atomic E-state index is 0.0150. The van der Waals surface area contributed by atoms with Crippen LogP contribution in [0.1, 0.15) is 42.0 Å². The SMILES string of the molecule is CCC(C)NC(=O)c1cc(C)[nH]c1C. The monoisotopic (exact) mass is 194 g/mol. The topological polar surface area (TPSA) is 44.9 Å². The number of hydrogen-bond acceptors (Lipinski definition) is 1. The van der Waals surface area contributed by atoms with E-state index in [-0.39, 0.29) is 11.9 Å². The number of aromatic amines is 1. The quantitative estimate of drug-likeness (QED) is 0.761. The van der Waals surface area contributed by atoms with Crippen LogP contribution in [0.5, 0.6) is 0 Å². The summed E-state index contributed by atoms with van der Waals surface area (Å²) in [6.07, 6.45) is 0.953. The second-order valence-electron chi connectivity index (χ2n) is 3.77. The van der Waals surface area contributed by atoms with E-state index in [4.69, 9.17) is 0 Å². The Balaban J connectivity index is 2.74. The summed E-state index contributed by atoms with van der Waals surface area (Å²) < 4.78 is 0. The summed E-state index contributed by atoms with van der Waals surface area (Å²) in [7, 11) is 0. The molecule has 0 saturated heterocycles. The van der Waals surface area contributed by atoms with Gasteiger partial charge in [0, 0.05) is 17.4 Å². The highest BCUT2D eigenvalue weighted by Gasteiger charge is 2.12. The Morgan fingerprint density at radius 1 is 1.57 bits per heavy atom. The molecular weight excluding hydrogens is 176 g/mol. The molecule has 0 spiro atoms. The lowest BCUT2D eigenvalue weighted by Gasteiger charge is -2.10. The molecule has 0 bridgehead atoms. The summed E-state index contributed by atoms with van der Waals surface area (Å²) in [4.78, 5) is 14.8. The van der Waals surface area contributed by atoms with E-state index in [2.05, 4.69) is 17.2 Å². The molecule has 1 heterocycles. The van der Waals surface area contributed by atoms with Gasteiger partial charge in [0.2, 0.25) is 0 Å². The van der Waals surface area contributed by atoms with Crippen LogP contribution in [-0.4, -0.2) is 16.9 Å². The molecule has 0 aliphatic carbocycles. The van der Waals surface area contributed by atoms with Crippen LogP contribution in [0.2, 0.25) is 0 Å². The van der Waals surface area contributed by atoms with E-state index in [0.717, 1.165) is 23.4 Å². The Morgan fingerprint density at radius 2 is 2.21 bits per heavy atom. The first-order valence-corrected chi connectivity index (χ1v) is 5.01. The first-order valence-electron chi connectivity index (χ1n) is 5.01. The molecule has 1 amide bonds. The fourth-order valence-corrected chi connectivity index (χ4v) is 1.36. The largest absolute Gasteiger partial charge is 0.362 e. The Bertz CT molecular complexity index is 328. The smallest absolute Gasteiger partial charge is 0.253 e. The van der Waals surface area contributed by atoms with Gasteiger partial charge in [-0.2, -0.15) is 0 Å². The summed E-state index contributed by atoms with van der Waals surface area (Å²) in [5, 5.41) is 2.94. The van der Waals surface area contributed by atoms with Crippen molar-refractivity contribution in [2.45, 2.75) is 40.2 Å². The summed E-state index contributed by atoms with van der Waals surface area (Å²) in [5.41, 5.74) is 2.71. The summed E-state index contributed by atoms with van der Waals surface area (Å²) in [5.74, 6) is 0.0150. The van der Waals surface area contributed by atoms with Crippen molar-refractivity contribution in [2.24, 2.45) is 0 Å². The van der Waals surface area contributed by atoms with Crippen molar-refractivity contribution in [3.63, 3.8) is 0 Å². The third kappa shape index (κ3) is 2.37. The zero-order chi connectivity index (χ0) is 10.7. The van der Waals surface area contributed by atoms with Gasteiger partial charge in [-0.25, -0.2) is 0 Å². The Hall–Kier alpha value is -1.25. The molecule has 0 aliphatic heterocycles. The molecule has 0 saturated carbocycles. The van der Waals surface area contributed by atoms with Gasteiger partial charge >= 0.3 is 0 Å². The average molecular weight is 194 g/mol. The van der Waals surface area contributed by atoms with Crippen LogP contribution >= 0.6 is 0 Å². The molecule has 1 unspecified atom stereocenters. The third-order valence-corrected chi connectivity index (χ3v) is 2.38. The van der Waals surface area contributed by atoms with Gasteiger partial charge in [0.05, 0.1) is 5.56 Å². The van der Waals surface area contributed by atoms with E-state index >= 15 is 0 Å². The van der Waals surface area contributed by atoms with Gasteiger partial charge in [0.1, 0.15) is 0 Å². The third-order valence-electron chi connectivity index (χ3n) is 2.38. The average Bonchev–Trinajstić information content (AvgIpc) is 2.45. The van der Waals surface area contributed by atoms with Crippen molar-refractivity contribution in [2.75, 3.05) is 0 Å². The van der Waals surface area contributed by atoms with Gasteiger partial charge in [0.15, 0.2) is 0 Å². The van der Waals surface area contributed by atoms with Crippen molar-refractivity contribution in [1.82, 2.24) is 10.3 Å². The number of rotatable bonds is 3. The second kappa shape index (κ2) is 4.31. The molecule has 1 aromatic heterocycles. The van der Waals surface area contributed by atoms with E-state index in [0.29, 0.717) is 0 Å². The van der Waals surface area contributed by atoms with Gasteiger partial charge in [-0.3, -0.25) is 4.79 Å². The molecule has 1 rings (SSSR count). The number of carbonyl (C=O) groups is 1. The van der Waals surface area contributed by atoms with Crippen molar-refractivity contribution in [3.8, 4) is 0 Å². The molecule has 3 heteroatoms. The van der Waals surface area contributed by atoms with Crippen molar-refractivity contribution < 1.29 is 4.79 Å². The number of H-pyrrole nitrogens is 1. The fourth-order valence-electron chi connectivity index (χ4n) is 1.36. The molecule has 0 radical (unpaired) electrons. The van der Waals surface area contributed by atoms with Crippen LogP contribution in [0.4, 0.5) is 0 Å². The normalized spacial score (nSPS) is 12.6. The van der Waals surface area contributed by atoms with E-state index in [1.54, 1.807) is 0 Å². The molecular formula is C11H18N2O. The number of hydrogen-bond donors (Lipinski definition) is 2. The Kier molecular flexibility index (Phi) is 3.33. The number of nitrogens with one attached hydrogen (secondary N) is 2. The lowest BCUT2D eigenvalue weighted by Crippen LogP contribution is -2.32. The first kappa shape index (κ1) is 10.8. The molecule has 14 heavy (non-hydrogen) atoms. The standard InChI is InChI=1S/C11H18N2O/c1-5-7(2)13-11(14)10-6-8(3)12-9(10)4/h6-7,12H,5H2,1-4H3,(H,13,14). The molecule has 0 aromatic carbocycles. The van der Waals surface area contributed by atoms with Crippen molar-refractivity contribution in [3.05, 3.63) is 23.0 Å². The first-order chi connectivity index (χ1) is 6.54. The van der Waals surface area contributed by atoms with Crippen LogP contribution in [0, 0.1) is 13.8 Å². The highest BCUT2D eigenvalue weighted by atomic mass is 16.1. The second-order valence-corrected chi connectivity index (χ2v) is 3.77. The lowest BCUT2D eigenvalue weighted by atomic mass is 10.2. The Labute approximate surface area is 84.9 Å². The number of aromatic nitrogens is 1. The van der Waals surface area contributed by atoms with E-state index in [9.17, 15) is 4.79 Å². The predicted molar refractivity (Wildman–Crippen MR) is 57.5 cm³/mol. The molecule has 3 nitrogen and oxygen atoms in total. The molecule has 78 valence electrons. The predicted octanol–water partition coefficient (Wildman–Crippen LogP) is 2.16. The highest BCUT2D eigenvalue weighted by molar-refractivity contribution is 5.95. The van der Waals surface area contributed by atoms with E-state index < -0.39 is 0 Å². The van der Waals surface area contributed by atoms with Crippen LogP contribution < -0.4 is 5.32 Å². The van der Waals surface area contributed by atoms with Gasteiger partial charge in [-0.15, -0.1) is 0 Å². The molecule has 1 aromatic rings. The van der Waals surface area contributed by atoms with Crippen molar-refractivity contribution in [1.29, 1.82) is 0 Å². The maximum absolute atomic E-state index is 11.7. The van der Waals surface area contributed by atoms with Gasteiger partial charge in [-0.1, -0.05) is 6.92 Å². The van der Waals surface area contributed by atoms with Gasteiger partial charge in [-0.05, 0) is 33.3 Å². The summed E-state index contributed by atoms with van der Waals surface area (Å²) >= 11 is 0. The highest BCUT2D eigenvalue weighted by Crippen LogP contribution is 2.09. The van der Waals surface area contributed by atoms with Crippen LogP contribution in [-0.2, 0) is 0 Å². The summed E-state index contributed by atoms with van der Waals surface area (Å²) in [6.45, 7) is 7.93. The maximum atomic E-state index is 11.7.